The Morgan fingerprint density at radius 2 is 1.78 bits per heavy atom. The molecule has 0 spiro atoms. The normalized spacial score (nSPS) is 19.7. The SMILES string of the molecule is CCC(C#N)N1CCN(CC#CC(C)(C)C)CC1. The van der Waals surface area contributed by atoms with Gasteiger partial charge in [-0.05, 0) is 27.2 Å². The summed E-state index contributed by atoms with van der Waals surface area (Å²) in [5, 5.41) is 9.05. The molecular formula is C15H25N3. The minimum Gasteiger partial charge on any atom is -0.290 e. The molecule has 100 valence electrons. The van der Waals surface area contributed by atoms with Crippen molar-refractivity contribution in [2.45, 2.75) is 40.2 Å². The van der Waals surface area contributed by atoms with Crippen molar-refractivity contribution in [3.8, 4) is 17.9 Å². The highest BCUT2D eigenvalue weighted by Crippen LogP contribution is 2.10. The first-order valence-electron chi connectivity index (χ1n) is 6.82. The van der Waals surface area contributed by atoms with Crippen LogP contribution >= 0.6 is 0 Å². The molecule has 1 aliphatic heterocycles. The lowest BCUT2D eigenvalue weighted by molar-refractivity contribution is 0.122. The molecule has 0 N–H and O–H groups in total. The van der Waals surface area contributed by atoms with Gasteiger partial charge in [-0.3, -0.25) is 9.80 Å². The van der Waals surface area contributed by atoms with Crippen LogP contribution in [0.5, 0.6) is 0 Å². The topological polar surface area (TPSA) is 30.3 Å². The summed E-state index contributed by atoms with van der Waals surface area (Å²) in [7, 11) is 0. The van der Waals surface area contributed by atoms with Crippen molar-refractivity contribution < 1.29 is 0 Å². The van der Waals surface area contributed by atoms with Gasteiger partial charge in [0.1, 0.15) is 0 Å². The molecule has 3 nitrogen and oxygen atoms in total. The molecule has 0 saturated carbocycles. The van der Waals surface area contributed by atoms with Gasteiger partial charge in [-0.2, -0.15) is 5.26 Å². The highest BCUT2D eigenvalue weighted by atomic mass is 15.3. The van der Waals surface area contributed by atoms with E-state index in [4.69, 9.17) is 5.26 Å². The zero-order valence-electron chi connectivity index (χ0n) is 12.2. The van der Waals surface area contributed by atoms with Gasteiger partial charge < -0.3 is 0 Å². The molecular weight excluding hydrogens is 222 g/mol. The van der Waals surface area contributed by atoms with E-state index in [1.807, 2.05) is 0 Å². The molecule has 1 fully saturated rings. The van der Waals surface area contributed by atoms with Crippen LogP contribution in [-0.2, 0) is 0 Å². The lowest BCUT2D eigenvalue weighted by atomic mass is 9.98. The Kier molecular flexibility index (Phi) is 5.66. The maximum atomic E-state index is 9.05. The van der Waals surface area contributed by atoms with Gasteiger partial charge in [0, 0.05) is 31.6 Å². The zero-order valence-corrected chi connectivity index (χ0v) is 12.2. The lowest BCUT2D eigenvalue weighted by Gasteiger charge is -2.35. The van der Waals surface area contributed by atoms with Crippen LogP contribution in [0.3, 0.4) is 0 Å². The molecule has 0 aromatic heterocycles. The van der Waals surface area contributed by atoms with Crippen molar-refractivity contribution in [3.63, 3.8) is 0 Å². The van der Waals surface area contributed by atoms with Crippen LogP contribution < -0.4 is 0 Å². The van der Waals surface area contributed by atoms with Gasteiger partial charge in [0.15, 0.2) is 0 Å². The zero-order chi connectivity index (χ0) is 13.6. The Balaban J connectivity index is 2.36. The first kappa shape index (κ1) is 15.0. The van der Waals surface area contributed by atoms with Crippen molar-refractivity contribution >= 4 is 0 Å². The molecule has 1 saturated heterocycles. The van der Waals surface area contributed by atoms with Crippen LogP contribution in [0.2, 0.25) is 0 Å². The maximum absolute atomic E-state index is 9.05. The van der Waals surface area contributed by atoms with E-state index >= 15 is 0 Å². The molecule has 0 aromatic rings. The number of piperazine rings is 1. The van der Waals surface area contributed by atoms with E-state index in [9.17, 15) is 0 Å². The average molecular weight is 247 g/mol. The van der Waals surface area contributed by atoms with Crippen LogP contribution in [0.25, 0.3) is 0 Å². The van der Waals surface area contributed by atoms with Gasteiger partial charge in [-0.25, -0.2) is 0 Å². The highest BCUT2D eigenvalue weighted by molar-refractivity contribution is 5.09. The lowest BCUT2D eigenvalue weighted by Crippen LogP contribution is -2.49. The predicted octanol–water partition coefficient (Wildman–Crippen LogP) is 1.96. The van der Waals surface area contributed by atoms with Gasteiger partial charge in [0.25, 0.3) is 0 Å². The van der Waals surface area contributed by atoms with Crippen LogP contribution in [-0.4, -0.2) is 48.6 Å². The van der Waals surface area contributed by atoms with E-state index in [2.05, 4.69) is 55.4 Å². The molecule has 18 heavy (non-hydrogen) atoms. The summed E-state index contributed by atoms with van der Waals surface area (Å²) in [5.74, 6) is 6.53. The third-order valence-electron chi connectivity index (χ3n) is 3.15. The maximum Gasteiger partial charge on any atom is 0.0976 e. The van der Waals surface area contributed by atoms with E-state index in [1.54, 1.807) is 0 Å². The van der Waals surface area contributed by atoms with Gasteiger partial charge in [-0.15, -0.1) is 0 Å². The molecule has 1 aliphatic rings. The second-order valence-corrected chi connectivity index (χ2v) is 5.92. The first-order chi connectivity index (χ1) is 8.46. The van der Waals surface area contributed by atoms with Crippen LogP contribution in [0.4, 0.5) is 0 Å². The van der Waals surface area contributed by atoms with Gasteiger partial charge in [-0.1, -0.05) is 18.8 Å². The Morgan fingerprint density at radius 3 is 2.22 bits per heavy atom. The Hall–Kier alpha value is -1.03. The summed E-state index contributed by atoms with van der Waals surface area (Å²) in [4.78, 5) is 4.66. The van der Waals surface area contributed by atoms with Gasteiger partial charge >= 0.3 is 0 Å². The summed E-state index contributed by atoms with van der Waals surface area (Å²) in [6.45, 7) is 13.4. The molecule has 0 aliphatic carbocycles. The summed E-state index contributed by atoms with van der Waals surface area (Å²) in [6.07, 6.45) is 0.917. The number of rotatable bonds is 3. The summed E-state index contributed by atoms with van der Waals surface area (Å²) >= 11 is 0. The summed E-state index contributed by atoms with van der Waals surface area (Å²) in [5.41, 5.74) is 0.0932. The van der Waals surface area contributed by atoms with E-state index in [0.29, 0.717) is 0 Å². The Bertz CT molecular complexity index is 343. The fourth-order valence-corrected chi connectivity index (χ4v) is 2.08. The van der Waals surface area contributed by atoms with E-state index < -0.39 is 0 Å². The van der Waals surface area contributed by atoms with E-state index in [1.165, 1.54) is 0 Å². The molecule has 1 heterocycles. The third kappa shape index (κ3) is 5.08. The molecule has 0 aromatic carbocycles. The van der Waals surface area contributed by atoms with Crippen LogP contribution in [0.15, 0.2) is 0 Å². The first-order valence-corrected chi connectivity index (χ1v) is 6.82. The second kappa shape index (κ2) is 6.78. The minimum absolute atomic E-state index is 0.0906. The van der Waals surface area contributed by atoms with E-state index in [-0.39, 0.29) is 11.5 Å². The molecule has 1 atom stereocenters. The number of hydrogen-bond acceptors (Lipinski definition) is 3. The standard InChI is InChI=1S/C15H25N3/c1-5-14(13-16)18-11-9-17(10-12-18)8-6-7-15(2,3)4/h14H,5,8-12H2,1-4H3. The van der Waals surface area contributed by atoms with Gasteiger partial charge in [0.05, 0.1) is 18.7 Å². The van der Waals surface area contributed by atoms with Crippen LogP contribution in [0, 0.1) is 28.6 Å². The van der Waals surface area contributed by atoms with E-state index in [0.717, 1.165) is 39.1 Å². The summed E-state index contributed by atoms with van der Waals surface area (Å²) < 4.78 is 0. The molecule has 0 bridgehead atoms. The summed E-state index contributed by atoms with van der Waals surface area (Å²) in [6, 6.07) is 2.47. The molecule has 0 radical (unpaired) electrons. The third-order valence-corrected chi connectivity index (χ3v) is 3.15. The quantitative estimate of drug-likeness (QED) is 0.714. The number of nitriles is 1. The number of hydrogen-bond donors (Lipinski definition) is 0. The molecule has 3 heteroatoms. The fourth-order valence-electron chi connectivity index (χ4n) is 2.08. The second-order valence-electron chi connectivity index (χ2n) is 5.92. The van der Waals surface area contributed by atoms with Crippen molar-refractivity contribution in [2.24, 2.45) is 5.41 Å². The number of nitrogens with zero attached hydrogens (tertiary/aromatic N) is 3. The van der Waals surface area contributed by atoms with Crippen molar-refractivity contribution in [2.75, 3.05) is 32.7 Å². The van der Waals surface area contributed by atoms with Crippen LogP contribution in [0.1, 0.15) is 34.1 Å². The highest BCUT2D eigenvalue weighted by Gasteiger charge is 2.21. The van der Waals surface area contributed by atoms with Crippen molar-refractivity contribution in [3.05, 3.63) is 0 Å². The smallest absolute Gasteiger partial charge is 0.0976 e. The molecule has 1 rings (SSSR count). The minimum atomic E-state index is 0.0906. The van der Waals surface area contributed by atoms with Gasteiger partial charge in [0.2, 0.25) is 0 Å². The largest absolute Gasteiger partial charge is 0.290 e. The predicted molar refractivity (Wildman–Crippen MR) is 74.9 cm³/mol. The Labute approximate surface area is 112 Å². The van der Waals surface area contributed by atoms with Crippen molar-refractivity contribution in [1.29, 1.82) is 5.26 Å². The Morgan fingerprint density at radius 1 is 1.17 bits per heavy atom. The fraction of sp³-hybridized carbons (Fsp3) is 0.800. The van der Waals surface area contributed by atoms with Crippen molar-refractivity contribution in [1.82, 2.24) is 9.80 Å². The molecule has 1 unspecified atom stereocenters. The average Bonchev–Trinajstić information content (AvgIpc) is 2.31. The molecule has 0 amide bonds. The monoisotopic (exact) mass is 247 g/mol.